The van der Waals surface area contributed by atoms with E-state index in [9.17, 15) is 18.4 Å². The molecule has 0 saturated carbocycles. The lowest BCUT2D eigenvalue weighted by molar-refractivity contribution is -0.142. The van der Waals surface area contributed by atoms with Gasteiger partial charge in [0.25, 0.3) is 0 Å². The lowest BCUT2D eigenvalue weighted by Gasteiger charge is -2.25. The Kier molecular flexibility index (Phi) is 6.23. The molecule has 0 aliphatic heterocycles. The summed E-state index contributed by atoms with van der Waals surface area (Å²) in [5.41, 5.74) is -0.912. The smallest absolute Gasteiger partial charge is 0.353 e. The molecule has 0 bridgehead atoms. The predicted octanol–water partition coefficient (Wildman–Crippen LogP) is 3.38. The van der Waals surface area contributed by atoms with E-state index in [1.165, 1.54) is 13.0 Å². The van der Waals surface area contributed by atoms with Gasteiger partial charge in [0.15, 0.2) is 0 Å². The van der Waals surface area contributed by atoms with Crippen LogP contribution in [0.25, 0.3) is 0 Å². The molecular formula is C15H16Cl2F3N3O3. The highest BCUT2D eigenvalue weighted by Gasteiger charge is 2.38. The van der Waals surface area contributed by atoms with Gasteiger partial charge in [-0.25, -0.2) is 13.8 Å². The van der Waals surface area contributed by atoms with Crippen molar-refractivity contribution in [1.29, 1.82) is 0 Å². The molecule has 0 N–H and O–H groups in total. The molecule has 1 aliphatic carbocycles. The molecule has 1 aromatic heterocycles. The van der Waals surface area contributed by atoms with E-state index in [0.717, 1.165) is 6.08 Å². The fourth-order valence-electron chi connectivity index (χ4n) is 2.49. The Hall–Kier alpha value is -1.74. The van der Waals surface area contributed by atoms with E-state index in [1.54, 1.807) is 6.92 Å². The number of aromatic nitrogens is 3. The molecule has 2 rings (SSSR count). The minimum atomic E-state index is -3.14. The zero-order valence-corrected chi connectivity index (χ0v) is 15.4. The first kappa shape index (κ1) is 20.6. The van der Waals surface area contributed by atoms with Crippen molar-refractivity contribution in [2.45, 2.75) is 44.4 Å². The largest absolute Gasteiger partial charge is 0.465 e. The number of ether oxygens (including phenoxy) is 1. The molecule has 0 amide bonds. The SMILES string of the molecule is CCOC(=O)C(Cl)CC1=C(Cl)CC(F)(n2nc(C)n(C(F)F)c2=O)C=C1. The molecule has 0 spiro atoms. The number of hydrogen-bond donors (Lipinski definition) is 0. The Morgan fingerprint density at radius 2 is 2.15 bits per heavy atom. The minimum absolute atomic E-state index is 0.00102. The van der Waals surface area contributed by atoms with Crippen LogP contribution in [0.4, 0.5) is 13.2 Å². The number of allylic oxidation sites excluding steroid dienone is 4. The number of carbonyl (C=O) groups excluding carboxylic acids is 1. The van der Waals surface area contributed by atoms with E-state index in [-0.39, 0.29) is 28.5 Å². The summed E-state index contributed by atoms with van der Waals surface area (Å²) in [6, 6.07) is 0. The van der Waals surface area contributed by atoms with Crippen LogP contribution in [0.1, 0.15) is 32.1 Å². The quantitative estimate of drug-likeness (QED) is 0.529. The van der Waals surface area contributed by atoms with Crippen molar-refractivity contribution < 1.29 is 22.7 Å². The number of carbonyl (C=O) groups is 1. The van der Waals surface area contributed by atoms with Gasteiger partial charge in [-0.3, -0.25) is 4.79 Å². The lowest BCUT2D eigenvalue weighted by atomic mass is 9.97. The average molecular weight is 414 g/mol. The lowest BCUT2D eigenvalue weighted by Crippen LogP contribution is -2.39. The van der Waals surface area contributed by atoms with Crippen LogP contribution in [0.3, 0.4) is 0 Å². The Balaban J connectivity index is 2.26. The summed E-state index contributed by atoms with van der Waals surface area (Å²) in [5.74, 6) is -3.47. The first-order valence-electron chi connectivity index (χ1n) is 7.64. The predicted molar refractivity (Wildman–Crippen MR) is 89.1 cm³/mol. The van der Waals surface area contributed by atoms with Gasteiger partial charge in [-0.2, -0.15) is 18.6 Å². The number of aryl methyl sites for hydroxylation is 1. The Morgan fingerprint density at radius 1 is 1.50 bits per heavy atom. The average Bonchev–Trinajstić information content (AvgIpc) is 2.85. The molecule has 11 heteroatoms. The van der Waals surface area contributed by atoms with Crippen LogP contribution in [0.2, 0.25) is 0 Å². The van der Waals surface area contributed by atoms with Crippen LogP contribution in [0.15, 0.2) is 27.6 Å². The second-order valence-corrected chi connectivity index (χ2v) is 6.55. The summed E-state index contributed by atoms with van der Waals surface area (Å²) in [6.07, 6.45) is 1.72. The fourth-order valence-corrected chi connectivity index (χ4v) is 3.04. The van der Waals surface area contributed by atoms with E-state index >= 15 is 4.39 Å². The van der Waals surface area contributed by atoms with Crippen molar-refractivity contribution >= 4 is 29.2 Å². The zero-order chi connectivity index (χ0) is 19.6. The van der Waals surface area contributed by atoms with Gasteiger partial charge in [-0.1, -0.05) is 17.7 Å². The molecule has 1 heterocycles. The van der Waals surface area contributed by atoms with Crippen molar-refractivity contribution in [3.05, 3.63) is 39.1 Å². The van der Waals surface area contributed by atoms with Gasteiger partial charge < -0.3 is 4.74 Å². The molecular weight excluding hydrogens is 398 g/mol. The van der Waals surface area contributed by atoms with Crippen molar-refractivity contribution in [2.24, 2.45) is 0 Å². The van der Waals surface area contributed by atoms with E-state index in [0.29, 0.717) is 10.3 Å². The summed E-state index contributed by atoms with van der Waals surface area (Å²) in [6.45, 7) is -0.187. The van der Waals surface area contributed by atoms with Crippen molar-refractivity contribution in [3.8, 4) is 0 Å². The fraction of sp³-hybridized carbons (Fsp3) is 0.533. The van der Waals surface area contributed by atoms with E-state index in [2.05, 4.69) is 5.10 Å². The number of alkyl halides is 4. The maximum atomic E-state index is 15.2. The second kappa shape index (κ2) is 7.87. The number of halogens is 5. The highest BCUT2D eigenvalue weighted by molar-refractivity contribution is 6.31. The number of esters is 1. The molecule has 1 aliphatic rings. The van der Waals surface area contributed by atoms with Gasteiger partial charge in [-0.15, -0.1) is 11.6 Å². The van der Waals surface area contributed by atoms with Crippen LogP contribution in [0, 0.1) is 6.92 Å². The van der Waals surface area contributed by atoms with Crippen LogP contribution >= 0.6 is 23.2 Å². The van der Waals surface area contributed by atoms with Crippen LogP contribution in [-0.2, 0) is 15.3 Å². The Bertz CT molecular complexity index is 819. The molecule has 0 aromatic carbocycles. The summed E-state index contributed by atoms with van der Waals surface area (Å²) >= 11 is 12.0. The number of rotatable bonds is 6. The maximum Gasteiger partial charge on any atom is 0.353 e. The van der Waals surface area contributed by atoms with Gasteiger partial charge in [0.2, 0.25) is 5.79 Å². The summed E-state index contributed by atoms with van der Waals surface area (Å²) < 4.78 is 46.1. The topological polar surface area (TPSA) is 66.1 Å². The van der Waals surface area contributed by atoms with Crippen LogP contribution < -0.4 is 5.69 Å². The summed E-state index contributed by atoms with van der Waals surface area (Å²) in [4.78, 5) is 23.6. The van der Waals surface area contributed by atoms with Gasteiger partial charge >= 0.3 is 18.2 Å². The second-order valence-electron chi connectivity index (χ2n) is 5.57. The first-order chi connectivity index (χ1) is 12.1. The standard InChI is InChI=1S/C15H16Cl2F3N3O3/c1-3-26-12(24)10(16)6-9-4-5-15(20,7-11(9)17)23-14(25)22(13(18)19)8(2)21-23/h4-5,10,13H,3,6-7H2,1-2H3. The molecule has 26 heavy (non-hydrogen) atoms. The third kappa shape index (κ3) is 3.98. The number of hydrogen-bond acceptors (Lipinski definition) is 4. The van der Waals surface area contributed by atoms with Gasteiger partial charge in [-0.05, 0) is 25.5 Å². The highest BCUT2D eigenvalue weighted by Crippen LogP contribution is 2.37. The summed E-state index contributed by atoms with van der Waals surface area (Å²) in [7, 11) is 0. The Labute approximate surface area is 156 Å². The van der Waals surface area contributed by atoms with E-state index in [1.807, 2.05) is 0 Å². The van der Waals surface area contributed by atoms with Gasteiger partial charge in [0, 0.05) is 17.9 Å². The summed E-state index contributed by atoms with van der Waals surface area (Å²) in [5, 5.41) is 2.57. The maximum absolute atomic E-state index is 15.2. The third-order valence-electron chi connectivity index (χ3n) is 3.76. The van der Waals surface area contributed by atoms with Crippen molar-refractivity contribution in [2.75, 3.05) is 6.61 Å². The van der Waals surface area contributed by atoms with Crippen LogP contribution in [-0.4, -0.2) is 32.3 Å². The van der Waals surface area contributed by atoms with Crippen molar-refractivity contribution in [1.82, 2.24) is 14.3 Å². The highest BCUT2D eigenvalue weighted by atomic mass is 35.5. The van der Waals surface area contributed by atoms with Gasteiger partial charge in [0.1, 0.15) is 11.2 Å². The molecule has 0 radical (unpaired) electrons. The molecule has 2 atom stereocenters. The molecule has 0 fully saturated rings. The zero-order valence-electron chi connectivity index (χ0n) is 13.9. The third-order valence-corrected chi connectivity index (χ3v) is 4.47. The molecule has 6 nitrogen and oxygen atoms in total. The first-order valence-corrected chi connectivity index (χ1v) is 8.45. The van der Waals surface area contributed by atoms with Crippen molar-refractivity contribution in [3.63, 3.8) is 0 Å². The monoisotopic (exact) mass is 413 g/mol. The molecule has 144 valence electrons. The van der Waals surface area contributed by atoms with E-state index in [4.69, 9.17) is 27.9 Å². The Morgan fingerprint density at radius 3 is 2.65 bits per heavy atom. The molecule has 0 saturated heterocycles. The minimum Gasteiger partial charge on any atom is -0.465 e. The van der Waals surface area contributed by atoms with Gasteiger partial charge in [0.05, 0.1) is 6.61 Å². The molecule has 2 unspecified atom stereocenters. The van der Waals surface area contributed by atoms with E-state index < -0.39 is 35.8 Å². The normalized spacial score (nSPS) is 21.4. The van der Waals surface area contributed by atoms with Crippen LogP contribution in [0.5, 0.6) is 0 Å². The molecule has 1 aromatic rings. The number of nitrogens with zero attached hydrogens (tertiary/aromatic N) is 3.